The third-order valence-corrected chi connectivity index (χ3v) is 3.80. The summed E-state index contributed by atoms with van der Waals surface area (Å²) in [5, 5.41) is 2.20. The van der Waals surface area contributed by atoms with Gasteiger partial charge in [-0.2, -0.15) is 0 Å². The minimum absolute atomic E-state index is 0.654. The topological polar surface area (TPSA) is 56.2 Å². The van der Waals surface area contributed by atoms with Crippen LogP contribution in [0.2, 0.25) is 0 Å². The van der Waals surface area contributed by atoms with E-state index < -0.39 is 0 Å². The van der Waals surface area contributed by atoms with E-state index in [0.717, 1.165) is 33.4 Å². The second-order valence-electron chi connectivity index (χ2n) is 5.11. The third-order valence-electron chi connectivity index (χ3n) is 3.80. The molecular weight excluding hydrogens is 260 g/mol. The second-order valence-corrected chi connectivity index (χ2v) is 5.11. The Kier molecular flexibility index (Phi) is 2.44. The Morgan fingerprint density at radius 2 is 1.86 bits per heavy atom. The summed E-state index contributed by atoms with van der Waals surface area (Å²) in [5.74, 6) is 0.654. The van der Waals surface area contributed by atoms with Crippen molar-refractivity contribution >= 4 is 22.2 Å². The van der Waals surface area contributed by atoms with Crippen molar-refractivity contribution in [1.82, 2.24) is 14.4 Å². The van der Waals surface area contributed by atoms with Crippen LogP contribution in [0.3, 0.4) is 0 Å². The Bertz CT molecular complexity index is 964. The van der Waals surface area contributed by atoms with Gasteiger partial charge in [0.2, 0.25) is 0 Å². The number of nitrogens with zero attached hydrogens (tertiary/aromatic N) is 3. The van der Waals surface area contributed by atoms with Gasteiger partial charge in [0.05, 0.1) is 0 Å². The molecule has 4 rings (SSSR count). The van der Waals surface area contributed by atoms with Gasteiger partial charge in [0.15, 0.2) is 0 Å². The molecule has 4 heteroatoms. The lowest BCUT2D eigenvalue weighted by Gasteiger charge is -2.05. The van der Waals surface area contributed by atoms with E-state index in [1.165, 1.54) is 0 Å². The number of imidazole rings is 1. The fraction of sp³-hybridized carbons (Fsp3) is 0.0588. The highest BCUT2D eigenvalue weighted by molar-refractivity contribution is 5.97. The van der Waals surface area contributed by atoms with Gasteiger partial charge in [-0.3, -0.25) is 9.38 Å². The Labute approximate surface area is 121 Å². The fourth-order valence-electron chi connectivity index (χ4n) is 2.79. The van der Waals surface area contributed by atoms with Crippen LogP contribution in [0.5, 0.6) is 0 Å². The van der Waals surface area contributed by atoms with Crippen molar-refractivity contribution in [3.63, 3.8) is 0 Å². The molecule has 3 heterocycles. The minimum Gasteiger partial charge on any atom is -0.383 e. The van der Waals surface area contributed by atoms with E-state index in [1.807, 2.05) is 60.1 Å². The summed E-state index contributed by atoms with van der Waals surface area (Å²) in [7, 11) is 0. The van der Waals surface area contributed by atoms with Crippen LogP contribution in [0.4, 0.5) is 5.82 Å². The number of anilines is 1. The number of rotatable bonds is 1. The maximum atomic E-state index is 6.34. The van der Waals surface area contributed by atoms with Crippen LogP contribution in [-0.2, 0) is 0 Å². The molecule has 102 valence electrons. The summed E-state index contributed by atoms with van der Waals surface area (Å²) in [6.07, 6.45) is 3.69. The van der Waals surface area contributed by atoms with Crippen molar-refractivity contribution in [2.24, 2.45) is 0 Å². The molecule has 0 saturated heterocycles. The Balaban J connectivity index is 2.10. The number of hydrogen-bond donors (Lipinski definition) is 1. The molecule has 0 atom stereocenters. The summed E-state index contributed by atoms with van der Waals surface area (Å²) in [5.41, 5.74) is 10.0. The van der Waals surface area contributed by atoms with Crippen LogP contribution in [0.15, 0.2) is 54.9 Å². The fourth-order valence-corrected chi connectivity index (χ4v) is 2.79. The summed E-state index contributed by atoms with van der Waals surface area (Å²) in [4.78, 5) is 9.01. The van der Waals surface area contributed by atoms with Crippen molar-refractivity contribution in [2.45, 2.75) is 6.92 Å². The first-order chi connectivity index (χ1) is 10.3. The van der Waals surface area contributed by atoms with Gasteiger partial charge in [0.25, 0.3) is 0 Å². The van der Waals surface area contributed by atoms with Crippen LogP contribution in [-0.4, -0.2) is 14.4 Å². The standard InChI is InChI=1S/C17H14N4/c1-11-5-4-8-15-20-16(17(18)21(11)15)14-10-19-9-12-6-2-3-7-13(12)14/h2-10H,18H2,1H3. The zero-order valence-electron chi connectivity index (χ0n) is 11.6. The smallest absolute Gasteiger partial charge is 0.139 e. The zero-order valence-corrected chi connectivity index (χ0v) is 11.6. The maximum absolute atomic E-state index is 6.34. The van der Waals surface area contributed by atoms with E-state index in [2.05, 4.69) is 11.1 Å². The molecule has 0 radical (unpaired) electrons. The lowest BCUT2D eigenvalue weighted by molar-refractivity contribution is 1.10. The SMILES string of the molecule is Cc1cccc2nc(-c3cncc4ccccc34)c(N)n12. The Morgan fingerprint density at radius 3 is 2.71 bits per heavy atom. The lowest BCUT2D eigenvalue weighted by Crippen LogP contribution is -1.97. The van der Waals surface area contributed by atoms with Gasteiger partial charge in [0.1, 0.15) is 17.2 Å². The molecular formula is C17H14N4. The molecule has 2 N–H and O–H groups in total. The first kappa shape index (κ1) is 11.9. The molecule has 1 aromatic carbocycles. The summed E-state index contributed by atoms with van der Waals surface area (Å²) in [6.45, 7) is 2.02. The normalized spacial score (nSPS) is 11.3. The van der Waals surface area contributed by atoms with Gasteiger partial charge in [0, 0.05) is 29.0 Å². The van der Waals surface area contributed by atoms with Crippen molar-refractivity contribution in [2.75, 3.05) is 5.73 Å². The first-order valence-corrected chi connectivity index (χ1v) is 6.82. The highest BCUT2D eigenvalue weighted by Gasteiger charge is 2.14. The zero-order chi connectivity index (χ0) is 14.4. The van der Waals surface area contributed by atoms with E-state index in [1.54, 1.807) is 0 Å². The van der Waals surface area contributed by atoms with Crippen molar-refractivity contribution in [3.05, 3.63) is 60.6 Å². The molecule has 0 amide bonds. The van der Waals surface area contributed by atoms with E-state index in [-0.39, 0.29) is 0 Å². The highest BCUT2D eigenvalue weighted by atomic mass is 15.1. The van der Waals surface area contributed by atoms with Gasteiger partial charge < -0.3 is 5.73 Å². The molecule has 0 bridgehead atoms. The van der Waals surface area contributed by atoms with Gasteiger partial charge in [-0.05, 0) is 24.4 Å². The van der Waals surface area contributed by atoms with Crippen LogP contribution >= 0.6 is 0 Å². The van der Waals surface area contributed by atoms with Gasteiger partial charge in [-0.15, -0.1) is 0 Å². The number of fused-ring (bicyclic) bond motifs is 2. The third kappa shape index (κ3) is 1.69. The molecule has 0 spiro atoms. The first-order valence-electron chi connectivity index (χ1n) is 6.82. The number of hydrogen-bond acceptors (Lipinski definition) is 3. The van der Waals surface area contributed by atoms with Crippen molar-refractivity contribution < 1.29 is 0 Å². The second kappa shape index (κ2) is 4.31. The van der Waals surface area contributed by atoms with E-state index in [9.17, 15) is 0 Å². The molecule has 0 saturated carbocycles. The van der Waals surface area contributed by atoms with Crippen LogP contribution in [0.1, 0.15) is 5.69 Å². The van der Waals surface area contributed by atoms with E-state index in [4.69, 9.17) is 10.7 Å². The number of pyridine rings is 2. The minimum atomic E-state index is 0.654. The number of nitrogens with two attached hydrogens (primary N) is 1. The molecule has 0 unspecified atom stereocenters. The molecule has 0 aliphatic rings. The van der Waals surface area contributed by atoms with E-state index >= 15 is 0 Å². The molecule has 3 aromatic heterocycles. The number of benzene rings is 1. The average Bonchev–Trinajstić information content (AvgIpc) is 2.85. The largest absolute Gasteiger partial charge is 0.383 e. The lowest BCUT2D eigenvalue weighted by atomic mass is 10.1. The Hall–Kier alpha value is -2.88. The number of nitrogen functional groups attached to an aromatic ring is 1. The van der Waals surface area contributed by atoms with Gasteiger partial charge in [-0.25, -0.2) is 4.98 Å². The van der Waals surface area contributed by atoms with Crippen LogP contribution in [0.25, 0.3) is 27.7 Å². The molecule has 4 aromatic rings. The molecule has 0 aliphatic carbocycles. The maximum Gasteiger partial charge on any atom is 0.139 e. The predicted octanol–water partition coefficient (Wildman–Crippen LogP) is 3.44. The van der Waals surface area contributed by atoms with Gasteiger partial charge in [-0.1, -0.05) is 30.3 Å². The highest BCUT2D eigenvalue weighted by Crippen LogP contribution is 2.32. The molecule has 0 aliphatic heterocycles. The van der Waals surface area contributed by atoms with Crippen LogP contribution in [0, 0.1) is 6.92 Å². The molecule has 21 heavy (non-hydrogen) atoms. The summed E-state index contributed by atoms with van der Waals surface area (Å²) in [6, 6.07) is 14.1. The van der Waals surface area contributed by atoms with E-state index in [0.29, 0.717) is 5.82 Å². The van der Waals surface area contributed by atoms with Crippen LogP contribution < -0.4 is 5.73 Å². The monoisotopic (exact) mass is 274 g/mol. The van der Waals surface area contributed by atoms with Crippen molar-refractivity contribution in [1.29, 1.82) is 0 Å². The number of aryl methyl sites for hydroxylation is 1. The number of aromatic nitrogens is 3. The Morgan fingerprint density at radius 1 is 1.00 bits per heavy atom. The van der Waals surface area contributed by atoms with Crippen molar-refractivity contribution in [3.8, 4) is 11.3 Å². The quantitative estimate of drug-likeness (QED) is 0.578. The van der Waals surface area contributed by atoms with Gasteiger partial charge >= 0.3 is 0 Å². The average molecular weight is 274 g/mol. The molecule has 0 fully saturated rings. The summed E-state index contributed by atoms with van der Waals surface area (Å²) >= 11 is 0. The predicted molar refractivity (Wildman–Crippen MR) is 85.1 cm³/mol. The summed E-state index contributed by atoms with van der Waals surface area (Å²) < 4.78 is 1.97. The molecule has 4 nitrogen and oxygen atoms in total.